The summed E-state index contributed by atoms with van der Waals surface area (Å²) in [4.78, 5) is 19.5. The fraction of sp³-hybridized carbons (Fsp3) is 0.312. The van der Waals surface area contributed by atoms with Crippen LogP contribution in [0.2, 0.25) is 0 Å². The zero-order valence-electron chi connectivity index (χ0n) is 12.0. The van der Waals surface area contributed by atoms with Crippen molar-refractivity contribution in [3.63, 3.8) is 0 Å². The highest BCUT2D eigenvalue weighted by atomic mass is 16.5. The van der Waals surface area contributed by atoms with Crippen LogP contribution in [-0.2, 0) is 16.8 Å². The van der Waals surface area contributed by atoms with Crippen molar-refractivity contribution in [2.24, 2.45) is 0 Å². The van der Waals surface area contributed by atoms with Crippen molar-refractivity contribution < 1.29 is 9.53 Å². The fourth-order valence-corrected chi connectivity index (χ4v) is 1.73. The average molecular weight is 270 g/mol. The van der Waals surface area contributed by atoms with Crippen LogP contribution in [0.15, 0.2) is 42.9 Å². The van der Waals surface area contributed by atoms with Gasteiger partial charge in [-0.15, -0.1) is 0 Å². The summed E-state index contributed by atoms with van der Waals surface area (Å²) in [5.41, 5.74) is 2.55. The molecule has 1 aromatic carbocycles. The van der Waals surface area contributed by atoms with E-state index in [1.54, 1.807) is 0 Å². The molecule has 2 aromatic rings. The van der Waals surface area contributed by atoms with Gasteiger partial charge in [-0.3, -0.25) is 4.98 Å². The van der Waals surface area contributed by atoms with Crippen molar-refractivity contribution in [3.8, 4) is 0 Å². The monoisotopic (exact) mass is 270 g/mol. The van der Waals surface area contributed by atoms with Gasteiger partial charge in [0, 0.05) is 12.4 Å². The molecule has 0 aliphatic heterocycles. The van der Waals surface area contributed by atoms with Gasteiger partial charge in [-0.25, -0.2) is 9.78 Å². The molecule has 4 heteroatoms. The van der Waals surface area contributed by atoms with E-state index in [2.05, 4.69) is 42.9 Å². The summed E-state index contributed by atoms with van der Waals surface area (Å²) >= 11 is 0. The summed E-state index contributed by atoms with van der Waals surface area (Å²) in [7, 11) is 0. The molecule has 0 bridgehead atoms. The molecule has 0 aliphatic rings. The minimum absolute atomic E-state index is 0.120. The third kappa shape index (κ3) is 3.63. The smallest absolute Gasteiger partial charge is 0.358 e. The van der Waals surface area contributed by atoms with Gasteiger partial charge in [0.15, 0.2) is 5.69 Å². The van der Waals surface area contributed by atoms with Gasteiger partial charge in [0.1, 0.15) is 6.61 Å². The lowest BCUT2D eigenvalue weighted by Crippen LogP contribution is -2.11. The molecule has 0 N–H and O–H groups in total. The largest absolute Gasteiger partial charge is 0.456 e. The van der Waals surface area contributed by atoms with Crippen LogP contribution >= 0.6 is 0 Å². The topological polar surface area (TPSA) is 52.1 Å². The van der Waals surface area contributed by atoms with E-state index in [-0.39, 0.29) is 17.7 Å². The van der Waals surface area contributed by atoms with E-state index in [0.717, 1.165) is 5.56 Å². The average Bonchev–Trinajstić information content (AvgIpc) is 2.45. The Kier molecular flexibility index (Phi) is 4.13. The van der Waals surface area contributed by atoms with Crippen molar-refractivity contribution in [2.45, 2.75) is 32.8 Å². The molecule has 0 radical (unpaired) electrons. The number of ether oxygens (including phenoxy) is 1. The van der Waals surface area contributed by atoms with Crippen LogP contribution in [0.25, 0.3) is 0 Å². The first-order valence-corrected chi connectivity index (χ1v) is 6.49. The van der Waals surface area contributed by atoms with Crippen LogP contribution in [0, 0.1) is 0 Å². The predicted molar refractivity (Wildman–Crippen MR) is 76.3 cm³/mol. The van der Waals surface area contributed by atoms with Crippen LogP contribution in [0.3, 0.4) is 0 Å². The second-order valence-corrected chi connectivity index (χ2v) is 5.61. The molecular weight excluding hydrogens is 252 g/mol. The molecule has 0 unspecified atom stereocenters. The first kappa shape index (κ1) is 14.2. The first-order valence-electron chi connectivity index (χ1n) is 6.49. The summed E-state index contributed by atoms with van der Waals surface area (Å²) in [6, 6.07) is 8.08. The normalized spacial score (nSPS) is 11.2. The van der Waals surface area contributed by atoms with Gasteiger partial charge in [-0.05, 0) is 16.5 Å². The van der Waals surface area contributed by atoms with E-state index >= 15 is 0 Å². The van der Waals surface area contributed by atoms with Crippen LogP contribution in [0.4, 0.5) is 0 Å². The third-order valence-corrected chi connectivity index (χ3v) is 2.96. The van der Waals surface area contributed by atoms with E-state index in [9.17, 15) is 4.79 Å². The molecule has 0 amide bonds. The molecule has 0 fully saturated rings. The number of hydrogen-bond donors (Lipinski definition) is 0. The standard InChI is InChI=1S/C16H18N2O2/c1-16(2,3)13-6-4-12(5-7-13)11-20-15(19)14-10-17-8-9-18-14/h4-10H,11H2,1-3H3. The maximum Gasteiger partial charge on any atom is 0.358 e. The Morgan fingerprint density at radius 3 is 2.40 bits per heavy atom. The summed E-state index contributed by atoms with van der Waals surface area (Å²) in [5.74, 6) is -0.460. The summed E-state index contributed by atoms with van der Waals surface area (Å²) in [6.45, 7) is 6.72. The first-order chi connectivity index (χ1) is 9.47. The molecule has 1 aromatic heterocycles. The highest BCUT2D eigenvalue weighted by Crippen LogP contribution is 2.22. The van der Waals surface area contributed by atoms with Crippen LogP contribution in [0.5, 0.6) is 0 Å². The maximum atomic E-state index is 11.7. The summed E-state index contributed by atoms with van der Waals surface area (Å²) in [6.07, 6.45) is 4.38. The van der Waals surface area contributed by atoms with Gasteiger partial charge in [-0.2, -0.15) is 0 Å². The Labute approximate surface area is 118 Å². The van der Waals surface area contributed by atoms with Gasteiger partial charge < -0.3 is 4.74 Å². The fourth-order valence-electron chi connectivity index (χ4n) is 1.73. The van der Waals surface area contributed by atoms with Gasteiger partial charge in [0.05, 0.1) is 6.20 Å². The SMILES string of the molecule is CC(C)(C)c1ccc(COC(=O)c2cnccn2)cc1. The predicted octanol–water partition coefficient (Wildman–Crippen LogP) is 3.13. The molecule has 4 nitrogen and oxygen atoms in total. The molecule has 20 heavy (non-hydrogen) atoms. The second kappa shape index (κ2) is 5.82. The lowest BCUT2D eigenvalue weighted by Gasteiger charge is -2.19. The highest BCUT2D eigenvalue weighted by molar-refractivity contribution is 5.86. The molecule has 0 atom stereocenters. The lowest BCUT2D eigenvalue weighted by molar-refractivity contribution is 0.0465. The van der Waals surface area contributed by atoms with Crippen LogP contribution in [-0.4, -0.2) is 15.9 Å². The van der Waals surface area contributed by atoms with E-state index in [1.165, 1.54) is 24.2 Å². The van der Waals surface area contributed by atoms with E-state index in [4.69, 9.17) is 4.74 Å². The molecule has 104 valence electrons. The minimum Gasteiger partial charge on any atom is -0.456 e. The lowest BCUT2D eigenvalue weighted by atomic mass is 9.87. The molecular formula is C16H18N2O2. The van der Waals surface area contributed by atoms with Crippen molar-refractivity contribution in [2.75, 3.05) is 0 Å². The maximum absolute atomic E-state index is 11.7. The van der Waals surface area contributed by atoms with Crippen molar-refractivity contribution in [1.82, 2.24) is 9.97 Å². The third-order valence-electron chi connectivity index (χ3n) is 2.96. The number of rotatable bonds is 3. The zero-order chi connectivity index (χ0) is 14.6. The number of benzene rings is 1. The number of esters is 1. The van der Waals surface area contributed by atoms with E-state index < -0.39 is 5.97 Å². The molecule has 1 heterocycles. The van der Waals surface area contributed by atoms with Crippen LogP contribution in [0.1, 0.15) is 42.4 Å². The Bertz CT molecular complexity index is 572. The van der Waals surface area contributed by atoms with Gasteiger partial charge >= 0.3 is 5.97 Å². The van der Waals surface area contributed by atoms with Gasteiger partial charge in [0.25, 0.3) is 0 Å². The number of hydrogen-bond acceptors (Lipinski definition) is 4. The Morgan fingerprint density at radius 1 is 1.15 bits per heavy atom. The minimum atomic E-state index is -0.460. The van der Waals surface area contributed by atoms with E-state index in [1.807, 2.05) is 12.1 Å². The number of aromatic nitrogens is 2. The molecule has 2 rings (SSSR count). The number of carbonyl (C=O) groups is 1. The Hall–Kier alpha value is -2.23. The Balaban J connectivity index is 1.96. The zero-order valence-corrected chi connectivity index (χ0v) is 12.0. The second-order valence-electron chi connectivity index (χ2n) is 5.61. The highest BCUT2D eigenvalue weighted by Gasteiger charge is 2.13. The van der Waals surface area contributed by atoms with Crippen molar-refractivity contribution in [1.29, 1.82) is 0 Å². The van der Waals surface area contributed by atoms with Crippen LogP contribution < -0.4 is 0 Å². The molecule has 0 saturated carbocycles. The molecule has 0 saturated heterocycles. The summed E-state index contributed by atoms with van der Waals surface area (Å²) in [5, 5.41) is 0. The molecule has 0 aliphatic carbocycles. The quantitative estimate of drug-likeness (QED) is 0.804. The number of nitrogens with zero attached hydrogens (tertiary/aromatic N) is 2. The van der Waals surface area contributed by atoms with Gasteiger partial charge in [0.2, 0.25) is 0 Å². The Morgan fingerprint density at radius 2 is 1.85 bits per heavy atom. The van der Waals surface area contributed by atoms with Gasteiger partial charge in [-0.1, -0.05) is 45.0 Å². The number of carbonyl (C=O) groups excluding carboxylic acids is 1. The van der Waals surface area contributed by atoms with E-state index in [0.29, 0.717) is 0 Å². The van der Waals surface area contributed by atoms with Crippen molar-refractivity contribution >= 4 is 5.97 Å². The summed E-state index contributed by atoms with van der Waals surface area (Å²) < 4.78 is 5.20. The van der Waals surface area contributed by atoms with Crippen molar-refractivity contribution in [3.05, 3.63) is 59.7 Å². The molecule has 0 spiro atoms.